The van der Waals surface area contributed by atoms with E-state index in [2.05, 4.69) is 39.7 Å². The Bertz CT molecular complexity index is 589. The second kappa shape index (κ2) is 9.58. The lowest BCUT2D eigenvalue weighted by molar-refractivity contribution is -0.122. The molecule has 1 aromatic rings. The number of carbonyl (C=O) groups excluding carboxylic acids is 2. The molecule has 5 nitrogen and oxygen atoms in total. The lowest BCUT2D eigenvalue weighted by Crippen LogP contribution is -2.51. The van der Waals surface area contributed by atoms with Crippen molar-refractivity contribution in [3.05, 3.63) is 32.4 Å². The second-order valence-corrected chi connectivity index (χ2v) is 7.49. The van der Waals surface area contributed by atoms with Crippen molar-refractivity contribution < 1.29 is 9.59 Å². The van der Waals surface area contributed by atoms with Gasteiger partial charge in [-0.25, -0.2) is 0 Å². The molecule has 0 unspecified atom stereocenters. The van der Waals surface area contributed by atoms with Crippen LogP contribution in [0.2, 0.25) is 5.02 Å². The quantitative estimate of drug-likeness (QED) is 0.521. The van der Waals surface area contributed by atoms with Gasteiger partial charge in [0, 0.05) is 41.3 Å². The number of unbranched alkanes of at least 4 members (excludes halogenated alkanes) is 1. The average Bonchev–Trinajstić information content (AvgIpc) is 2.57. The Morgan fingerprint density at radius 1 is 1.25 bits per heavy atom. The molecule has 1 N–H and O–H groups in total. The van der Waals surface area contributed by atoms with Crippen LogP contribution >= 0.6 is 34.2 Å². The molecule has 1 aliphatic heterocycles. The van der Waals surface area contributed by atoms with Gasteiger partial charge in [-0.05, 0) is 47.2 Å². The highest BCUT2D eigenvalue weighted by Gasteiger charge is 2.24. The first-order chi connectivity index (χ1) is 11.5. The molecule has 0 radical (unpaired) electrons. The minimum absolute atomic E-state index is 0.00828. The van der Waals surface area contributed by atoms with E-state index < -0.39 is 0 Å². The summed E-state index contributed by atoms with van der Waals surface area (Å²) in [5.41, 5.74) is 0.647. The Morgan fingerprint density at radius 3 is 2.62 bits per heavy atom. The molecule has 0 atom stereocenters. The summed E-state index contributed by atoms with van der Waals surface area (Å²) in [4.78, 5) is 28.4. The van der Waals surface area contributed by atoms with E-state index in [1.54, 1.807) is 12.1 Å². The van der Waals surface area contributed by atoms with Gasteiger partial charge in [-0.15, -0.1) is 0 Å². The van der Waals surface area contributed by atoms with Gasteiger partial charge in [-0.3, -0.25) is 14.5 Å². The summed E-state index contributed by atoms with van der Waals surface area (Å²) in [6, 6.07) is 5.36. The zero-order chi connectivity index (χ0) is 17.5. The van der Waals surface area contributed by atoms with Crippen LogP contribution in [0.5, 0.6) is 0 Å². The highest BCUT2D eigenvalue weighted by molar-refractivity contribution is 14.1. The van der Waals surface area contributed by atoms with Crippen LogP contribution in [-0.2, 0) is 4.79 Å². The van der Waals surface area contributed by atoms with Gasteiger partial charge in [0.2, 0.25) is 5.91 Å². The van der Waals surface area contributed by atoms with E-state index in [0.717, 1.165) is 23.0 Å². The van der Waals surface area contributed by atoms with Crippen LogP contribution in [0.15, 0.2) is 18.2 Å². The van der Waals surface area contributed by atoms with Crippen molar-refractivity contribution >= 4 is 46.0 Å². The number of amides is 2. The maximum absolute atomic E-state index is 12.6. The van der Waals surface area contributed by atoms with E-state index in [1.807, 2.05) is 11.0 Å². The third kappa shape index (κ3) is 5.60. The van der Waals surface area contributed by atoms with Crippen molar-refractivity contribution in [2.45, 2.75) is 19.8 Å². The van der Waals surface area contributed by atoms with Crippen molar-refractivity contribution in [1.29, 1.82) is 0 Å². The molecule has 2 amide bonds. The summed E-state index contributed by atoms with van der Waals surface area (Å²) in [7, 11) is 0. The number of carbonyl (C=O) groups is 2. The van der Waals surface area contributed by atoms with E-state index in [-0.39, 0.29) is 11.8 Å². The average molecular weight is 464 g/mol. The first-order valence-corrected chi connectivity index (χ1v) is 9.70. The first kappa shape index (κ1) is 19.5. The molecule has 1 aliphatic rings. The van der Waals surface area contributed by atoms with Crippen molar-refractivity contribution in [2.24, 2.45) is 0 Å². The molecule has 7 heteroatoms. The molecule has 1 heterocycles. The lowest BCUT2D eigenvalue weighted by Gasteiger charge is -2.34. The summed E-state index contributed by atoms with van der Waals surface area (Å²) >= 11 is 8.16. The van der Waals surface area contributed by atoms with Gasteiger partial charge >= 0.3 is 0 Å². The van der Waals surface area contributed by atoms with E-state index in [9.17, 15) is 9.59 Å². The molecule has 0 bridgehead atoms. The minimum atomic E-state index is 0.00828. The number of hydrogen-bond donors (Lipinski definition) is 1. The molecular weight excluding hydrogens is 441 g/mol. The zero-order valence-corrected chi connectivity index (χ0v) is 16.8. The van der Waals surface area contributed by atoms with Crippen LogP contribution in [0.25, 0.3) is 0 Å². The summed E-state index contributed by atoms with van der Waals surface area (Å²) in [5, 5.41) is 3.50. The van der Waals surface area contributed by atoms with Gasteiger partial charge in [0.05, 0.1) is 12.1 Å². The summed E-state index contributed by atoms with van der Waals surface area (Å²) in [6.45, 7) is 5.92. The molecule has 1 saturated heterocycles. The van der Waals surface area contributed by atoms with Crippen LogP contribution in [0.1, 0.15) is 30.1 Å². The number of halogens is 2. The Labute approximate surface area is 161 Å². The van der Waals surface area contributed by atoms with Crippen LogP contribution in [0, 0.1) is 3.57 Å². The molecule has 0 aliphatic carbocycles. The highest BCUT2D eigenvalue weighted by Crippen LogP contribution is 2.20. The third-order valence-electron chi connectivity index (χ3n) is 4.04. The Morgan fingerprint density at radius 2 is 1.96 bits per heavy atom. The van der Waals surface area contributed by atoms with Gasteiger partial charge < -0.3 is 10.2 Å². The molecule has 0 aromatic heterocycles. The Kier molecular flexibility index (Phi) is 7.77. The van der Waals surface area contributed by atoms with Gasteiger partial charge in [-0.2, -0.15) is 0 Å². The van der Waals surface area contributed by atoms with E-state index in [0.29, 0.717) is 43.3 Å². The SMILES string of the molecule is CCCCNC(=O)CN1CCN(C(=O)c2cc(Cl)ccc2I)CC1. The highest BCUT2D eigenvalue weighted by atomic mass is 127. The maximum atomic E-state index is 12.6. The number of nitrogens with one attached hydrogen (secondary N) is 1. The maximum Gasteiger partial charge on any atom is 0.255 e. The van der Waals surface area contributed by atoms with Crippen LogP contribution in [0.3, 0.4) is 0 Å². The largest absolute Gasteiger partial charge is 0.355 e. The molecule has 132 valence electrons. The summed E-state index contributed by atoms with van der Waals surface area (Å²) in [5.74, 6) is 0.0709. The fourth-order valence-electron chi connectivity index (χ4n) is 2.60. The summed E-state index contributed by atoms with van der Waals surface area (Å²) in [6.07, 6.45) is 2.08. The third-order valence-corrected chi connectivity index (χ3v) is 5.21. The molecule has 2 rings (SSSR count). The lowest BCUT2D eigenvalue weighted by atomic mass is 10.2. The molecule has 24 heavy (non-hydrogen) atoms. The molecule has 1 fully saturated rings. The van der Waals surface area contributed by atoms with Gasteiger partial charge in [-0.1, -0.05) is 24.9 Å². The fraction of sp³-hybridized carbons (Fsp3) is 0.529. The van der Waals surface area contributed by atoms with Crippen molar-refractivity contribution in [3.8, 4) is 0 Å². The molecule has 0 spiro atoms. The standard InChI is InChI=1S/C17H23ClIN3O2/c1-2-3-6-20-16(23)12-21-7-9-22(10-8-21)17(24)14-11-13(18)4-5-15(14)19/h4-5,11H,2-3,6-10,12H2,1H3,(H,20,23). The monoisotopic (exact) mass is 463 g/mol. The first-order valence-electron chi connectivity index (χ1n) is 8.24. The topological polar surface area (TPSA) is 52.7 Å². The van der Waals surface area contributed by atoms with Gasteiger partial charge in [0.15, 0.2) is 0 Å². The van der Waals surface area contributed by atoms with Crippen LogP contribution in [0.4, 0.5) is 0 Å². The fourth-order valence-corrected chi connectivity index (χ4v) is 3.34. The van der Waals surface area contributed by atoms with Gasteiger partial charge in [0.1, 0.15) is 0 Å². The number of nitrogens with zero attached hydrogens (tertiary/aromatic N) is 2. The van der Waals surface area contributed by atoms with Crippen molar-refractivity contribution in [3.63, 3.8) is 0 Å². The molecule has 0 saturated carbocycles. The minimum Gasteiger partial charge on any atom is -0.355 e. The predicted molar refractivity (Wildman–Crippen MR) is 104 cm³/mol. The molecular formula is C17H23ClIN3O2. The second-order valence-electron chi connectivity index (χ2n) is 5.90. The van der Waals surface area contributed by atoms with E-state index >= 15 is 0 Å². The van der Waals surface area contributed by atoms with Crippen molar-refractivity contribution in [1.82, 2.24) is 15.1 Å². The number of piperazine rings is 1. The van der Waals surface area contributed by atoms with Crippen LogP contribution in [-0.4, -0.2) is 60.9 Å². The number of hydrogen-bond acceptors (Lipinski definition) is 3. The van der Waals surface area contributed by atoms with E-state index in [4.69, 9.17) is 11.6 Å². The summed E-state index contributed by atoms with van der Waals surface area (Å²) < 4.78 is 0.903. The normalized spacial score (nSPS) is 15.4. The van der Waals surface area contributed by atoms with Crippen molar-refractivity contribution in [2.75, 3.05) is 39.3 Å². The van der Waals surface area contributed by atoms with Gasteiger partial charge in [0.25, 0.3) is 5.91 Å². The predicted octanol–water partition coefficient (Wildman–Crippen LogP) is 2.62. The smallest absolute Gasteiger partial charge is 0.255 e. The number of rotatable bonds is 6. The van der Waals surface area contributed by atoms with Crippen LogP contribution < -0.4 is 5.32 Å². The van der Waals surface area contributed by atoms with E-state index in [1.165, 1.54) is 0 Å². The Balaban J connectivity index is 1.83. The number of benzene rings is 1. The Hall–Kier alpha value is -0.860. The molecule has 1 aromatic carbocycles. The zero-order valence-electron chi connectivity index (χ0n) is 13.9.